The Morgan fingerprint density at radius 2 is 2.21 bits per heavy atom. The standard InChI is InChI=1S/C13H12BrN5/c1-9(10-4-2-6-15-8-10)16-13-17-12-11(14)5-3-7-19(12)18-13/h2-9H,1H3,(H,16,18). The number of nitrogens with one attached hydrogen (secondary N) is 1. The molecule has 0 saturated heterocycles. The van der Waals surface area contributed by atoms with E-state index in [1.54, 1.807) is 10.7 Å². The molecule has 0 bridgehead atoms. The second-order valence-electron chi connectivity index (χ2n) is 4.21. The largest absolute Gasteiger partial charge is 0.346 e. The molecule has 0 saturated carbocycles. The Morgan fingerprint density at radius 3 is 2.95 bits per heavy atom. The first-order chi connectivity index (χ1) is 9.24. The molecule has 5 nitrogen and oxygen atoms in total. The third-order valence-electron chi connectivity index (χ3n) is 2.84. The summed E-state index contributed by atoms with van der Waals surface area (Å²) in [5.41, 5.74) is 1.89. The van der Waals surface area contributed by atoms with E-state index < -0.39 is 0 Å². The van der Waals surface area contributed by atoms with Gasteiger partial charge < -0.3 is 5.32 Å². The zero-order valence-electron chi connectivity index (χ0n) is 10.3. The Balaban J connectivity index is 1.88. The minimum absolute atomic E-state index is 0.102. The summed E-state index contributed by atoms with van der Waals surface area (Å²) >= 11 is 3.46. The van der Waals surface area contributed by atoms with Crippen molar-refractivity contribution in [2.45, 2.75) is 13.0 Å². The average Bonchev–Trinajstić information content (AvgIpc) is 2.84. The number of hydrogen-bond donors (Lipinski definition) is 1. The average molecular weight is 318 g/mol. The zero-order chi connectivity index (χ0) is 13.2. The molecule has 0 aliphatic heterocycles. The molecule has 0 amide bonds. The van der Waals surface area contributed by atoms with E-state index in [-0.39, 0.29) is 6.04 Å². The summed E-state index contributed by atoms with van der Waals surface area (Å²) in [5.74, 6) is 0.600. The first-order valence-electron chi connectivity index (χ1n) is 5.91. The number of hydrogen-bond acceptors (Lipinski definition) is 4. The molecule has 3 aromatic rings. The summed E-state index contributed by atoms with van der Waals surface area (Å²) in [6.07, 6.45) is 5.47. The van der Waals surface area contributed by atoms with Crippen LogP contribution >= 0.6 is 15.9 Å². The van der Waals surface area contributed by atoms with Crippen molar-refractivity contribution in [3.63, 3.8) is 0 Å². The van der Waals surface area contributed by atoms with Crippen molar-refractivity contribution in [3.05, 3.63) is 52.9 Å². The van der Waals surface area contributed by atoms with E-state index >= 15 is 0 Å². The van der Waals surface area contributed by atoms with Crippen molar-refractivity contribution < 1.29 is 0 Å². The van der Waals surface area contributed by atoms with Gasteiger partial charge in [-0.3, -0.25) is 4.98 Å². The molecule has 19 heavy (non-hydrogen) atoms. The maximum Gasteiger partial charge on any atom is 0.243 e. The molecule has 3 aromatic heterocycles. The van der Waals surface area contributed by atoms with E-state index in [0.29, 0.717) is 5.95 Å². The van der Waals surface area contributed by atoms with Crippen LogP contribution in [0.1, 0.15) is 18.5 Å². The van der Waals surface area contributed by atoms with Crippen LogP contribution in [0.15, 0.2) is 47.3 Å². The fourth-order valence-corrected chi connectivity index (χ4v) is 2.27. The Labute approximate surface area is 118 Å². The van der Waals surface area contributed by atoms with Crippen molar-refractivity contribution in [1.82, 2.24) is 19.6 Å². The van der Waals surface area contributed by atoms with Crippen LogP contribution in [0.25, 0.3) is 5.65 Å². The Kier molecular flexibility index (Phi) is 3.16. The van der Waals surface area contributed by atoms with E-state index in [0.717, 1.165) is 15.7 Å². The third kappa shape index (κ3) is 2.44. The maximum atomic E-state index is 4.45. The summed E-state index contributed by atoms with van der Waals surface area (Å²) in [6.45, 7) is 2.05. The topological polar surface area (TPSA) is 55.1 Å². The number of halogens is 1. The van der Waals surface area contributed by atoms with E-state index in [1.165, 1.54) is 0 Å². The highest BCUT2D eigenvalue weighted by Crippen LogP contribution is 2.19. The van der Waals surface area contributed by atoms with Gasteiger partial charge in [-0.15, -0.1) is 5.10 Å². The number of aromatic nitrogens is 4. The van der Waals surface area contributed by atoms with Crippen LogP contribution in [-0.2, 0) is 0 Å². The molecule has 3 heterocycles. The van der Waals surface area contributed by atoms with Gasteiger partial charge in [-0.2, -0.15) is 4.98 Å². The van der Waals surface area contributed by atoms with Crippen LogP contribution in [0, 0.1) is 0 Å². The Morgan fingerprint density at radius 1 is 1.32 bits per heavy atom. The van der Waals surface area contributed by atoms with E-state index in [1.807, 2.05) is 36.7 Å². The molecule has 1 unspecified atom stereocenters. The Hall–Kier alpha value is -1.95. The second kappa shape index (κ2) is 4.97. The minimum Gasteiger partial charge on any atom is -0.346 e. The third-order valence-corrected chi connectivity index (χ3v) is 3.46. The predicted octanol–water partition coefficient (Wildman–Crippen LogP) is 3.06. The maximum absolute atomic E-state index is 4.45. The lowest BCUT2D eigenvalue weighted by atomic mass is 10.1. The number of anilines is 1. The van der Waals surface area contributed by atoms with Crippen molar-refractivity contribution in [3.8, 4) is 0 Å². The van der Waals surface area contributed by atoms with Crippen LogP contribution in [-0.4, -0.2) is 19.6 Å². The van der Waals surface area contributed by atoms with Crippen LogP contribution in [0.2, 0.25) is 0 Å². The van der Waals surface area contributed by atoms with Crippen molar-refractivity contribution >= 4 is 27.5 Å². The van der Waals surface area contributed by atoms with Gasteiger partial charge in [-0.05, 0) is 46.6 Å². The van der Waals surface area contributed by atoms with Gasteiger partial charge in [-0.25, -0.2) is 4.52 Å². The summed E-state index contributed by atoms with van der Waals surface area (Å²) in [5, 5.41) is 7.65. The molecule has 0 spiro atoms. The van der Waals surface area contributed by atoms with Crippen molar-refractivity contribution in [2.24, 2.45) is 0 Å². The van der Waals surface area contributed by atoms with E-state index in [9.17, 15) is 0 Å². The van der Waals surface area contributed by atoms with Gasteiger partial charge in [0, 0.05) is 18.6 Å². The molecule has 0 aliphatic rings. The summed E-state index contributed by atoms with van der Waals surface area (Å²) < 4.78 is 2.66. The predicted molar refractivity (Wildman–Crippen MR) is 77.0 cm³/mol. The van der Waals surface area contributed by atoms with Gasteiger partial charge in [0.25, 0.3) is 0 Å². The molecular weight excluding hydrogens is 306 g/mol. The molecule has 0 fully saturated rings. The highest BCUT2D eigenvalue weighted by Gasteiger charge is 2.10. The molecule has 6 heteroatoms. The first-order valence-corrected chi connectivity index (χ1v) is 6.71. The number of nitrogens with zero attached hydrogens (tertiary/aromatic N) is 4. The second-order valence-corrected chi connectivity index (χ2v) is 5.07. The highest BCUT2D eigenvalue weighted by molar-refractivity contribution is 9.10. The molecule has 96 valence electrons. The fraction of sp³-hybridized carbons (Fsp3) is 0.154. The number of fused-ring (bicyclic) bond motifs is 1. The zero-order valence-corrected chi connectivity index (χ0v) is 11.9. The van der Waals surface area contributed by atoms with Crippen LogP contribution in [0.3, 0.4) is 0 Å². The summed E-state index contributed by atoms with van der Waals surface area (Å²) in [6, 6.07) is 7.90. The molecule has 0 aliphatic carbocycles. The van der Waals surface area contributed by atoms with Gasteiger partial charge in [-0.1, -0.05) is 6.07 Å². The van der Waals surface area contributed by atoms with Gasteiger partial charge in [0.2, 0.25) is 5.95 Å². The molecule has 0 aromatic carbocycles. The van der Waals surface area contributed by atoms with Crippen molar-refractivity contribution in [1.29, 1.82) is 0 Å². The SMILES string of the molecule is CC(Nc1nc2c(Br)cccn2n1)c1cccnc1. The summed E-state index contributed by atoms with van der Waals surface area (Å²) in [7, 11) is 0. The van der Waals surface area contributed by atoms with Crippen LogP contribution in [0.5, 0.6) is 0 Å². The van der Waals surface area contributed by atoms with Gasteiger partial charge in [0.15, 0.2) is 5.65 Å². The Bertz CT molecular complexity index is 695. The molecular formula is C13H12BrN5. The monoisotopic (exact) mass is 317 g/mol. The quantitative estimate of drug-likeness (QED) is 0.806. The molecule has 1 atom stereocenters. The molecule has 0 radical (unpaired) electrons. The number of pyridine rings is 2. The van der Waals surface area contributed by atoms with Gasteiger partial charge >= 0.3 is 0 Å². The van der Waals surface area contributed by atoms with Crippen LogP contribution in [0.4, 0.5) is 5.95 Å². The van der Waals surface area contributed by atoms with E-state index in [2.05, 4.69) is 43.2 Å². The molecule has 3 rings (SSSR count). The lowest BCUT2D eigenvalue weighted by Crippen LogP contribution is -2.08. The lowest BCUT2D eigenvalue weighted by molar-refractivity contribution is 0.846. The highest BCUT2D eigenvalue weighted by atomic mass is 79.9. The van der Waals surface area contributed by atoms with Gasteiger partial charge in [0.1, 0.15) is 0 Å². The minimum atomic E-state index is 0.102. The molecule has 1 N–H and O–H groups in total. The van der Waals surface area contributed by atoms with E-state index in [4.69, 9.17) is 0 Å². The lowest BCUT2D eigenvalue weighted by Gasteiger charge is -2.11. The normalized spacial score (nSPS) is 12.5. The van der Waals surface area contributed by atoms with Gasteiger partial charge in [0.05, 0.1) is 10.5 Å². The fourth-order valence-electron chi connectivity index (χ4n) is 1.84. The number of rotatable bonds is 3. The smallest absolute Gasteiger partial charge is 0.243 e. The van der Waals surface area contributed by atoms with Crippen molar-refractivity contribution in [2.75, 3.05) is 5.32 Å². The first kappa shape index (κ1) is 12.1. The summed E-state index contributed by atoms with van der Waals surface area (Å²) in [4.78, 5) is 8.56. The van der Waals surface area contributed by atoms with Crippen LogP contribution < -0.4 is 5.32 Å².